The lowest BCUT2D eigenvalue weighted by Gasteiger charge is -2.33. The first-order valence-corrected chi connectivity index (χ1v) is 7.85. The Morgan fingerprint density at radius 1 is 1.43 bits per heavy atom. The zero-order valence-electron chi connectivity index (χ0n) is 13.2. The van der Waals surface area contributed by atoms with E-state index in [1.807, 2.05) is 12.1 Å². The van der Waals surface area contributed by atoms with Crippen molar-refractivity contribution < 1.29 is 4.42 Å². The molecule has 5 heteroatoms. The van der Waals surface area contributed by atoms with Crippen molar-refractivity contribution in [3.05, 3.63) is 24.2 Å². The number of rotatable bonds is 5. The van der Waals surface area contributed by atoms with Crippen molar-refractivity contribution in [3.8, 4) is 0 Å². The molecule has 2 heterocycles. The monoisotopic (exact) mass is 405 g/mol. The molecule has 2 rings (SSSR count). The van der Waals surface area contributed by atoms with Crippen LogP contribution in [0.1, 0.15) is 38.9 Å². The first-order chi connectivity index (χ1) is 9.79. The lowest BCUT2D eigenvalue weighted by molar-refractivity contribution is 0.273. The Morgan fingerprint density at radius 2 is 2.19 bits per heavy atom. The van der Waals surface area contributed by atoms with E-state index in [4.69, 9.17) is 9.41 Å². The number of nitrogens with zero attached hydrogens (tertiary/aromatic N) is 2. The van der Waals surface area contributed by atoms with E-state index in [0.717, 1.165) is 56.7 Å². The van der Waals surface area contributed by atoms with Crippen LogP contribution in [-0.2, 0) is 6.42 Å². The molecule has 1 saturated heterocycles. The van der Waals surface area contributed by atoms with E-state index < -0.39 is 0 Å². The smallest absolute Gasteiger partial charge is 0.193 e. The quantitative estimate of drug-likeness (QED) is 0.463. The molecule has 0 aromatic carbocycles. The molecule has 0 bridgehead atoms. The molecule has 0 unspecified atom stereocenters. The van der Waals surface area contributed by atoms with Crippen LogP contribution in [0.25, 0.3) is 0 Å². The van der Waals surface area contributed by atoms with Crippen molar-refractivity contribution in [1.82, 2.24) is 10.2 Å². The third-order valence-corrected chi connectivity index (χ3v) is 3.80. The fourth-order valence-corrected chi connectivity index (χ4v) is 2.46. The largest absolute Gasteiger partial charge is 0.469 e. The summed E-state index contributed by atoms with van der Waals surface area (Å²) >= 11 is 0. The highest BCUT2D eigenvalue weighted by molar-refractivity contribution is 14.0. The van der Waals surface area contributed by atoms with Crippen LogP contribution >= 0.6 is 24.0 Å². The zero-order chi connectivity index (χ0) is 14.2. The van der Waals surface area contributed by atoms with Gasteiger partial charge >= 0.3 is 0 Å². The third kappa shape index (κ3) is 6.28. The van der Waals surface area contributed by atoms with Gasteiger partial charge in [-0.3, -0.25) is 4.99 Å². The van der Waals surface area contributed by atoms with Crippen molar-refractivity contribution in [1.29, 1.82) is 0 Å². The molecule has 1 aromatic heterocycles. The fraction of sp³-hybridized carbons (Fsp3) is 0.688. The van der Waals surface area contributed by atoms with Crippen molar-refractivity contribution in [2.75, 3.05) is 26.2 Å². The van der Waals surface area contributed by atoms with Gasteiger partial charge in [-0.05, 0) is 37.3 Å². The summed E-state index contributed by atoms with van der Waals surface area (Å²) < 4.78 is 5.36. The second-order valence-corrected chi connectivity index (χ2v) is 5.63. The Balaban J connectivity index is 0.00000220. The lowest BCUT2D eigenvalue weighted by Crippen LogP contribution is -2.46. The van der Waals surface area contributed by atoms with Gasteiger partial charge in [-0.15, -0.1) is 24.0 Å². The van der Waals surface area contributed by atoms with Crippen LogP contribution in [-0.4, -0.2) is 37.0 Å². The Morgan fingerprint density at radius 3 is 2.81 bits per heavy atom. The maximum absolute atomic E-state index is 5.36. The van der Waals surface area contributed by atoms with Crippen molar-refractivity contribution in [3.63, 3.8) is 0 Å². The SMILES string of the molecule is CCCN=C(NCCc1ccco1)N1CCC(C)CC1.I. The van der Waals surface area contributed by atoms with Crippen molar-refractivity contribution in [2.45, 2.75) is 39.5 Å². The van der Waals surface area contributed by atoms with Gasteiger partial charge in [0.2, 0.25) is 0 Å². The second kappa shape index (κ2) is 10.1. The molecule has 1 fully saturated rings. The van der Waals surface area contributed by atoms with Gasteiger partial charge in [-0.2, -0.15) is 0 Å². The summed E-state index contributed by atoms with van der Waals surface area (Å²) in [5, 5.41) is 3.49. The summed E-state index contributed by atoms with van der Waals surface area (Å²) in [5.41, 5.74) is 0. The van der Waals surface area contributed by atoms with Crippen LogP contribution in [0.5, 0.6) is 0 Å². The van der Waals surface area contributed by atoms with Crippen molar-refractivity contribution in [2.24, 2.45) is 10.9 Å². The molecule has 1 aromatic rings. The molecule has 21 heavy (non-hydrogen) atoms. The molecule has 0 aliphatic carbocycles. The Kier molecular flexibility index (Phi) is 8.80. The first kappa shape index (κ1) is 18.3. The van der Waals surface area contributed by atoms with E-state index in [2.05, 4.69) is 24.1 Å². The molecular formula is C16H28IN3O. The van der Waals surface area contributed by atoms with E-state index in [1.54, 1.807) is 6.26 Å². The summed E-state index contributed by atoms with van der Waals surface area (Å²) in [6, 6.07) is 3.96. The molecule has 1 aliphatic heterocycles. The zero-order valence-corrected chi connectivity index (χ0v) is 15.5. The third-order valence-electron chi connectivity index (χ3n) is 3.80. The highest BCUT2D eigenvalue weighted by Gasteiger charge is 2.18. The fourth-order valence-electron chi connectivity index (χ4n) is 2.46. The minimum Gasteiger partial charge on any atom is -0.469 e. The van der Waals surface area contributed by atoms with E-state index in [0.29, 0.717) is 0 Å². The standard InChI is InChI=1S/C16H27N3O.HI/c1-3-9-17-16(19-11-7-14(2)8-12-19)18-10-6-15-5-4-13-20-15;/h4-5,13-14H,3,6-12H2,1-2H3,(H,17,18);1H. The first-order valence-electron chi connectivity index (χ1n) is 7.85. The van der Waals surface area contributed by atoms with E-state index in [9.17, 15) is 0 Å². The Hall–Kier alpha value is -0.720. The molecule has 120 valence electrons. The van der Waals surface area contributed by atoms with Gasteiger partial charge < -0.3 is 14.6 Å². The van der Waals surface area contributed by atoms with Crippen LogP contribution in [0.4, 0.5) is 0 Å². The number of hydrogen-bond donors (Lipinski definition) is 1. The Bertz CT molecular complexity index is 398. The molecule has 1 aliphatic rings. The molecule has 0 radical (unpaired) electrons. The van der Waals surface area contributed by atoms with Crippen LogP contribution in [0.2, 0.25) is 0 Å². The lowest BCUT2D eigenvalue weighted by atomic mass is 10.00. The number of hydrogen-bond acceptors (Lipinski definition) is 2. The maximum Gasteiger partial charge on any atom is 0.193 e. The van der Waals surface area contributed by atoms with Gasteiger partial charge in [0.05, 0.1) is 6.26 Å². The molecule has 0 atom stereocenters. The molecular weight excluding hydrogens is 377 g/mol. The van der Waals surface area contributed by atoms with Gasteiger partial charge in [0, 0.05) is 32.6 Å². The van der Waals surface area contributed by atoms with Crippen molar-refractivity contribution >= 4 is 29.9 Å². The number of piperidine rings is 1. The summed E-state index contributed by atoms with van der Waals surface area (Å²) in [7, 11) is 0. The predicted octanol–water partition coefficient (Wildman–Crippen LogP) is 3.53. The van der Waals surface area contributed by atoms with Gasteiger partial charge in [0.1, 0.15) is 5.76 Å². The summed E-state index contributed by atoms with van der Waals surface area (Å²) in [6.07, 6.45) is 6.26. The maximum atomic E-state index is 5.36. The minimum atomic E-state index is 0. The number of furan rings is 1. The van der Waals surface area contributed by atoms with Crippen LogP contribution < -0.4 is 5.32 Å². The second-order valence-electron chi connectivity index (χ2n) is 5.63. The highest BCUT2D eigenvalue weighted by Crippen LogP contribution is 2.16. The number of halogens is 1. The summed E-state index contributed by atoms with van der Waals surface area (Å²) in [6.45, 7) is 8.53. The molecule has 1 N–H and O–H groups in total. The normalized spacial score (nSPS) is 16.7. The number of likely N-dealkylation sites (tertiary alicyclic amines) is 1. The predicted molar refractivity (Wildman–Crippen MR) is 98.4 cm³/mol. The van der Waals surface area contributed by atoms with Gasteiger partial charge in [0.15, 0.2) is 5.96 Å². The average molecular weight is 405 g/mol. The van der Waals surface area contributed by atoms with Gasteiger partial charge in [-0.1, -0.05) is 13.8 Å². The Labute approximate surface area is 145 Å². The summed E-state index contributed by atoms with van der Waals surface area (Å²) in [5.74, 6) is 2.95. The van der Waals surface area contributed by atoms with E-state index in [1.165, 1.54) is 12.8 Å². The summed E-state index contributed by atoms with van der Waals surface area (Å²) in [4.78, 5) is 7.11. The van der Waals surface area contributed by atoms with E-state index in [-0.39, 0.29) is 24.0 Å². The average Bonchev–Trinajstić information content (AvgIpc) is 2.97. The van der Waals surface area contributed by atoms with Crippen LogP contribution in [0.15, 0.2) is 27.8 Å². The number of nitrogens with one attached hydrogen (secondary N) is 1. The number of aliphatic imine (C=N–C) groups is 1. The van der Waals surface area contributed by atoms with Gasteiger partial charge in [-0.25, -0.2) is 0 Å². The minimum absolute atomic E-state index is 0. The molecule has 0 spiro atoms. The molecule has 4 nitrogen and oxygen atoms in total. The molecule has 0 amide bonds. The van der Waals surface area contributed by atoms with E-state index >= 15 is 0 Å². The molecule has 0 saturated carbocycles. The van der Waals surface area contributed by atoms with Gasteiger partial charge in [0.25, 0.3) is 0 Å². The number of guanidine groups is 1. The van der Waals surface area contributed by atoms with Crippen LogP contribution in [0.3, 0.4) is 0 Å². The highest BCUT2D eigenvalue weighted by atomic mass is 127. The van der Waals surface area contributed by atoms with Crippen LogP contribution in [0, 0.1) is 5.92 Å². The topological polar surface area (TPSA) is 40.8 Å².